The van der Waals surface area contributed by atoms with E-state index in [0.717, 1.165) is 17.4 Å². The second kappa shape index (κ2) is 5.53. The lowest BCUT2D eigenvalue weighted by atomic mass is 10.1. The van der Waals surface area contributed by atoms with E-state index in [4.69, 9.17) is 5.11 Å². The molecule has 13 heavy (non-hydrogen) atoms. The van der Waals surface area contributed by atoms with Crippen molar-refractivity contribution in [1.82, 2.24) is 0 Å². The van der Waals surface area contributed by atoms with Gasteiger partial charge in [-0.2, -0.15) is 11.8 Å². The van der Waals surface area contributed by atoms with Gasteiger partial charge in [0, 0.05) is 5.75 Å². The van der Waals surface area contributed by atoms with E-state index in [1.165, 1.54) is 25.7 Å². The fraction of sp³-hybridized carbons (Fsp3) is 0.900. The topological polar surface area (TPSA) is 37.3 Å². The number of carbonyl (C=O) groups is 1. The SMILES string of the molecule is CC(CSCC1CCCC1)C(=O)O. The van der Waals surface area contributed by atoms with Crippen LogP contribution >= 0.6 is 11.8 Å². The van der Waals surface area contributed by atoms with E-state index in [0.29, 0.717) is 0 Å². The third-order valence-electron chi connectivity index (χ3n) is 2.62. The fourth-order valence-corrected chi connectivity index (χ4v) is 2.96. The standard InChI is InChI=1S/C10H18O2S/c1-8(10(11)12)6-13-7-9-4-2-3-5-9/h8-9H,2-7H2,1H3,(H,11,12). The lowest BCUT2D eigenvalue weighted by Crippen LogP contribution is -2.12. The van der Waals surface area contributed by atoms with Crippen molar-refractivity contribution in [3.63, 3.8) is 0 Å². The number of carboxylic acid groups (broad SMARTS) is 1. The number of hydrogen-bond donors (Lipinski definition) is 1. The van der Waals surface area contributed by atoms with Crippen molar-refractivity contribution in [2.75, 3.05) is 11.5 Å². The van der Waals surface area contributed by atoms with Gasteiger partial charge in [0.05, 0.1) is 5.92 Å². The lowest BCUT2D eigenvalue weighted by molar-refractivity contribution is -0.140. The van der Waals surface area contributed by atoms with Gasteiger partial charge in [-0.05, 0) is 24.5 Å². The molecule has 1 aliphatic rings. The molecule has 1 rings (SSSR count). The van der Waals surface area contributed by atoms with Gasteiger partial charge in [-0.25, -0.2) is 0 Å². The first kappa shape index (κ1) is 10.9. The second-order valence-electron chi connectivity index (χ2n) is 3.93. The third-order valence-corrected chi connectivity index (χ3v) is 4.06. The van der Waals surface area contributed by atoms with Gasteiger partial charge in [0.1, 0.15) is 0 Å². The van der Waals surface area contributed by atoms with Crippen LogP contribution in [0.15, 0.2) is 0 Å². The molecule has 0 saturated heterocycles. The molecule has 1 unspecified atom stereocenters. The van der Waals surface area contributed by atoms with Gasteiger partial charge < -0.3 is 5.11 Å². The van der Waals surface area contributed by atoms with Crippen molar-refractivity contribution in [2.24, 2.45) is 11.8 Å². The zero-order valence-electron chi connectivity index (χ0n) is 8.16. The van der Waals surface area contributed by atoms with Crippen LogP contribution in [0.25, 0.3) is 0 Å². The highest BCUT2D eigenvalue weighted by Crippen LogP contribution is 2.28. The molecule has 0 spiro atoms. The minimum Gasteiger partial charge on any atom is -0.481 e. The van der Waals surface area contributed by atoms with E-state index in [1.807, 2.05) is 0 Å². The van der Waals surface area contributed by atoms with Gasteiger partial charge in [0.25, 0.3) is 0 Å². The maximum Gasteiger partial charge on any atom is 0.307 e. The molecule has 0 radical (unpaired) electrons. The van der Waals surface area contributed by atoms with Crippen molar-refractivity contribution in [1.29, 1.82) is 0 Å². The molecule has 0 aromatic heterocycles. The summed E-state index contributed by atoms with van der Waals surface area (Å²) >= 11 is 1.81. The Bertz CT molecular complexity index is 164. The predicted octanol–water partition coefficient (Wildman–Crippen LogP) is 2.63. The molecule has 3 heteroatoms. The van der Waals surface area contributed by atoms with E-state index in [1.54, 1.807) is 18.7 Å². The Morgan fingerprint density at radius 1 is 1.54 bits per heavy atom. The van der Waals surface area contributed by atoms with Crippen molar-refractivity contribution >= 4 is 17.7 Å². The minimum absolute atomic E-state index is 0.189. The molecular weight excluding hydrogens is 184 g/mol. The van der Waals surface area contributed by atoms with E-state index in [-0.39, 0.29) is 5.92 Å². The number of hydrogen-bond acceptors (Lipinski definition) is 2. The second-order valence-corrected chi connectivity index (χ2v) is 5.00. The number of carboxylic acids is 1. The van der Waals surface area contributed by atoms with E-state index in [9.17, 15) is 4.79 Å². The molecule has 0 aromatic carbocycles. The maximum atomic E-state index is 10.5. The van der Waals surface area contributed by atoms with Crippen molar-refractivity contribution in [3.8, 4) is 0 Å². The number of rotatable bonds is 5. The van der Waals surface area contributed by atoms with Crippen LogP contribution in [0.2, 0.25) is 0 Å². The van der Waals surface area contributed by atoms with E-state index >= 15 is 0 Å². The molecule has 0 amide bonds. The van der Waals surface area contributed by atoms with Gasteiger partial charge in [-0.3, -0.25) is 4.79 Å². The first-order valence-electron chi connectivity index (χ1n) is 5.00. The van der Waals surface area contributed by atoms with Crippen molar-refractivity contribution in [3.05, 3.63) is 0 Å². The summed E-state index contributed by atoms with van der Waals surface area (Å²) in [5.41, 5.74) is 0. The lowest BCUT2D eigenvalue weighted by Gasteiger charge is -2.09. The Labute approximate surface area is 84.1 Å². The molecule has 1 saturated carbocycles. The van der Waals surface area contributed by atoms with Gasteiger partial charge in [-0.15, -0.1) is 0 Å². The minimum atomic E-state index is -0.668. The largest absolute Gasteiger partial charge is 0.481 e. The average molecular weight is 202 g/mol. The quantitative estimate of drug-likeness (QED) is 0.744. The van der Waals surface area contributed by atoms with Gasteiger partial charge >= 0.3 is 5.97 Å². The van der Waals surface area contributed by atoms with Gasteiger partial charge in [0.15, 0.2) is 0 Å². The Hall–Kier alpha value is -0.180. The van der Waals surface area contributed by atoms with E-state index in [2.05, 4.69) is 0 Å². The van der Waals surface area contributed by atoms with Crippen LogP contribution in [0.3, 0.4) is 0 Å². The summed E-state index contributed by atoms with van der Waals surface area (Å²) in [6, 6.07) is 0. The van der Waals surface area contributed by atoms with Gasteiger partial charge in [0.2, 0.25) is 0 Å². The molecule has 1 N–H and O–H groups in total. The van der Waals surface area contributed by atoms with Crippen LogP contribution < -0.4 is 0 Å². The predicted molar refractivity (Wildman–Crippen MR) is 56.1 cm³/mol. The summed E-state index contributed by atoms with van der Waals surface area (Å²) in [6.07, 6.45) is 5.46. The summed E-state index contributed by atoms with van der Waals surface area (Å²) in [6.45, 7) is 1.78. The summed E-state index contributed by atoms with van der Waals surface area (Å²) in [7, 11) is 0. The molecule has 2 nitrogen and oxygen atoms in total. The summed E-state index contributed by atoms with van der Waals surface area (Å²) in [4.78, 5) is 10.5. The van der Waals surface area contributed by atoms with Gasteiger partial charge in [-0.1, -0.05) is 19.8 Å². The number of thioether (sulfide) groups is 1. The maximum absolute atomic E-state index is 10.5. The van der Waals surface area contributed by atoms with Crippen LogP contribution in [0.1, 0.15) is 32.6 Å². The average Bonchev–Trinajstić information content (AvgIpc) is 2.56. The molecule has 0 heterocycles. The highest BCUT2D eigenvalue weighted by atomic mass is 32.2. The Balaban J connectivity index is 2.02. The molecule has 0 bridgehead atoms. The summed E-state index contributed by atoms with van der Waals surface area (Å²) in [5.74, 6) is 1.94. The van der Waals surface area contributed by atoms with Crippen LogP contribution in [0, 0.1) is 11.8 Å². The fourth-order valence-electron chi connectivity index (χ4n) is 1.66. The molecule has 76 valence electrons. The molecule has 1 fully saturated rings. The van der Waals surface area contributed by atoms with Crippen LogP contribution in [-0.2, 0) is 4.79 Å². The van der Waals surface area contributed by atoms with Crippen molar-refractivity contribution < 1.29 is 9.90 Å². The van der Waals surface area contributed by atoms with Crippen LogP contribution in [0.4, 0.5) is 0 Å². The molecule has 1 atom stereocenters. The first-order chi connectivity index (χ1) is 6.20. The van der Waals surface area contributed by atoms with Crippen molar-refractivity contribution in [2.45, 2.75) is 32.6 Å². The smallest absolute Gasteiger partial charge is 0.307 e. The van der Waals surface area contributed by atoms with E-state index < -0.39 is 5.97 Å². The van der Waals surface area contributed by atoms with Crippen LogP contribution in [0.5, 0.6) is 0 Å². The molecule has 0 aromatic rings. The Kier molecular flexibility index (Phi) is 4.64. The zero-order chi connectivity index (χ0) is 9.68. The normalized spacial score (nSPS) is 20.4. The highest BCUT2D eigenvalue weighted by molar-refractivity contribution is 7.99. The zero-order valence-corrected chi connectivity index (χ0v) is 8.98. The summed E-state index contributed by atoms with van der Waals surface area (Å²) < 4.78 is 0. The number of aliphatic carboxylic acids is 1. The highest BCUT2D eigenvalue weighted by Gasteiger charge is 2.16. The summed E-state index contributed by atoms with van der Waals surface area (Å²) in [5, 5.41) is 8.66. The molecular formula is C10H18O2S. The molecule has 0 aliphatic heterocycles. The first-order valence-corrected chi connectivity index (χ1v) is 6.16. The monoisotopic (exact) mass is 202 g/mol. The Morgan fingerprint density at radius 2 is 2.15 bits per heavy atom. The van der Waals surface area contributed by atoms with Crippen LogP contribution in [-0.4, -0.2) is 22.6 Å². The third kappa shape index (κ3) is 4.03. The molecule has 1 aliphatic carbocycles. The Morgan fingerprint density at radius 3 is 2.69 bits per heavy atom.